The van der Waals surface area contributed by atoms with Gasteiger partial charge in [0, 0.05) is 26.1 Å². The van der Waals surface area contributed by atoms with Crippen LogP contribution in [0.25, 0.3) is 0 Å². The first-order chi connectivity index (χ1) is 15.0. The molecule has 3 fully saturated rings. The molecule has 0 saturated carbocycles. The van der Waals surface area contributed by atoms with Crippen molar-refractivity contribution in [3.05, 3.63) is 64.3 Å². The molecule has 5 heterocycles. The molecule has 3 unspecified atom stereocenters. The van der Waals surface area contributed by atoms with Gasteiger partial charge in [-0.05, 0) is 54.0 Å². The maximum atomic E-state index is 13.5. The second-order valence-electron chi connectivity index (χ2n) is 8.98. The summed E-state index contributed by atoms with van der Waals surface area (Å²) < 4.78 is 11.5. The highest BCUT2D eigenvalue weighted by molar-refractivity contribution is 5.85. The van der Waals surface area contributed by atoms with Crippen LogP contribution < -0.4 is 0 Å². The molecule has 5 atom stereocenters. The second kappa shape index (κ2) is 6.38. The van der Waals surface area contributed by atoms with Gasteiger partial charge in [-0.1, -0.05) is 0 Å². The van der Waals surface area contributed by atoms with Crippen LogP contribution in [-0.2, 0) is 15.1 Å². The van der Waals surface area contributed by atoms with E-state index in [4.69, 9.17) is 9.15 Å². The molecule has 31 heavy (non-hydrogen) atoms. The third kappa shape index (κ3) is 2.39. The molecule has 5 aliphatic rings. The number of amides is 1. The van der Waals surface area contributed by atoms with Crippen LogP contribution in [0, 0.1) is 4.91 Å². The number of hydrogen-bond acceptors (Lipinski definition) is 8. The minimum absolute atomic E-state index is 0.0130. The van der Waals surface area contributed by atoms with Gasteiger partial charge < -0.3 is 24.3 Å². The van der Waals surface area contributed by atoms with E-state index < -0.39 is 22.9 Å². The lowest BCUT2D eigenvalue weighted by atomic mass is 9.76. The lowest BCUT2D eigenvalue weighted by Crippen LogP contribution is -2.63. The molecule has 9 nitrogen and oxygen atoms in total. The summed E-state index contributed by atoms with van der Waals surface area (Å²) in [5.74, 6) is 0.0155. The smallest absolute Gasteiger partial charge is 0.240 e. The zero-order valence-corrected chi connectivity index (χ0v) is 16.8. The first kappa shape index (κ1) is 19.0. The first-order valence-corrected chi connectivity index (χ1v) is 10.6. The Labute approximate surface area is 178 Å². The summed E-state index contributed by atoms with van der Waals surface area (Å²) in [4.78, 5) is 28.8. The highest BCUT2D eigenvalue weighted by Crippen LogP contribution is 2.59. The number of fused-ring (bicyclic) bond motifs is 1. The van der Waals surface area contributed by atoms with Crippen molar-refractivity contribution in [1.29, 1.82) is 0 Å². The zero-order chi connectivity index (χ0) is 21.4. The summed E-state index contributed by atoms with van der Waals surface area (Å²) in [7, 11) is 0. The lowest BCUT2D eigenvalue weighted by Gasteiger charge is -2.46. The van der Waals surface area contributed by atoms with Gasteiger partial charge in [0.2, 0.25) is 5.91 Å². The third-order valence-corrected chi connectivity index (χ3v) is 7.38. The van der Waals surface area contributed by atoms with E-state index >= 15 is 0 Å². The Bertz CT molecular complexity index is 1040. The van der Waals surface area contributed by atoms with E-state index in [-0.39, 0.29) is 30.2 Å². The van der Waals surface area contributed by atoms with Crippen molar-refractivity contribution in [3.63, 3.8) is 0 Å². The predicted molar refractivity (Wildman–Crippen MR) is 108 cm³/mol. The van der Waals surface area contributed by atoms with Gasteiger partial charge in [-0.3, -0.25) is 9.69 Å². The Hall–Kier alpha value is -2.75. The molecule has 1 aromatic rings. The fourth-order valence-electron chi connectivity index (χ4n) is 6.11. The van der Waals surface area contributed by atoms with Crippen molar-refractivity contribution in [3.8, 4) is 0 Å². The minimum atomic E-state index is -1.67. The van der Waals surface area contributed by atoms with Gasteiger partial charge >= 0.3 is 0 Å². The topological polar surface area (TPSA) is 116 Å². The molecule has 0 radical (unpaired) electrons. The molecule has 0 spiro atoms. The summed E-state index contributed by atoms with van der Waals surface area (Å²) in [6.45, 7) is 1.60. The molecule has 0 aromatic carbocycles. The van der Waals surface area contributed by atoms with Gasteiger partial charge in [-0.25, -0.2) is 0 Å². The minimum Gasteiger partial charge on any atom is -0.506 e. The van der Waals surface area contributed by atoms with Gasteiger partial charge in [0.25, 0.3) is 0 Å². The Kier molecular flexibility index (Phi) is 3.91. The van der Waals surface area contributed by atoms with Crippen LogP contribution in [-0.4, -0.2) is 69.4 Å². The van der Waals surface area contributed by atoms with Gasteiger partial charge in [0.05, 0.1) is 24.5 Å². The molecular weight excluding hydrogens is 402 g/mol. The van der Waals surface area contributed by atoms with Crippen molar-refractivity contribution in [2.75, 3.05) is 19.7 Å². The maximum absolute atomic E-state index is 13.5. The van der Waals surface area contributed by atoms with E-state index in [1.807, 2.05) is 15.9 Å². The number of aliphatic hydroxyl groups excluding tert-OH is 1. The zero-order valence-electron chi connectivity index (χ0n) is 16.8. The van der Waals surface area contributed by atoms with E-state index in [1.165, 1.54) is 12.3 Å². The van der Waals surface area contributed by atoms with Crippen molar-refractivity contribution < 1.29 is 24.2 Å². The summed E-state index contributed by atoms with van der Waals surface area (Å²) in [5, 5.41) is 25.4. The third-order valence-electron chi connectivity index (χ3n) is 7.38. The van der Waals surface area contributed by atoms with Crippen molar-refractivity contribution in [1.82, 2.24) is 9.80 Å². The molecule has 162 valence electrons. The van der Waals surface area contributed by atoms with Crippen LogP contribution in [0.5, 0.6) is 0 Å². The Morgan fingerprint density at radius 2 is 2.16 bits per heavy atom. The van der Waals surface area contributed by atoms with Gasteiger partial charge in [-0.2, -0.15) is 0 Å². The van der Waals surface area contributed by atoms with Gasteiger partial charge in [0.15, 0.2) is 0 Å². The molecule has 2 N–H and O–H groups in total. The van der Waals surface area contributed by atoms with Gasteiger partial charge in [-0.15, -0.1) is 4.91 Å². The number of ether oxygens (including phenoxy) is 1. The monoisotopic (exact) mass is 425 g/mol. The van der Waals surface area contributed by atoms with Crippen molar-refractivity contribution in [2.45, 2.75) is 48.6 Å². The molecule has 4 aliphatic heterocycles. The van der Waals surface area contributed by atoms with Crippen LogP contribution in [0.2, 0.25) is 0 Å². The van der Waals surface area contributed by atoms with Crippen LogP contribution >= 0.6 is 0 Å². The average molecular weight is 425 g/mol. The number of nitrogens with zero attached hydrogens (tertiary/aromatic N) is 3. The highest BCUT2D eigenvalue weighted by Gasteiger charge is 2.71. The number of hydrogen-bond donors (Lipinski definition) is 2. The first-order valence-electron chi connectivity index (χ1n) is 10.6. The molecule has 3 saturated heterocycles. The number of carbonyl (C=O) groups excluding carboxylic acids is 1. The number of carbonyl (C=O) groups is 1. The Morgan fingerprint density at radius 1 is 1.29 bits per heavy atom. The second-order valence-corrected chi connectivity index (χ2v) is 8.98. The summed E-state index contributed by atoms with van der Waals surface area (Å²) >= 11 is 0. The Balaban J connectivity index is 1.51. The predicted octanol–water partition coefficient (Wildman–Crippen LogP) is 1.72. The summed E-state index contributed by atoms with van der Waals surface area (Å²) in [6.07, 6.45) is 8.16. The summed E-state index contributed by atoms with van der Waals surface area (Å²) in [6, 6.07) is 2.62. The number of rotatable bonds is 4. The SMILES string of the molecule is O=NC1=CC2=CC3(c4ccco4)N4[C@@H](CC3(O)C=C1O)C(=O)N(CC1CCCO1)C[C@@H]24. The molecule has 6 rings (SSSR count). The normalized spacial score (nSPS) is 39.1. The number of nitroso groups, excluding NO2 is 1. The molecule has 1 aromatic heterocycles. The molecule has 1 amide bonds. The number of aliphatic hydroxyl groups is 2. The number of piperazine rings is 1. The largest absolute Gasteiger partial charge is 0.506 e. The summed E-state index contributed by atoms with van der Waals surface area (Å²) in [5.41, 5.74) is -2.25. The number of furan rings is 1. The quantitative estimate of drug-likeness (QED) is 0.706. The van der Waals surface area contributed by atoms with Gasteiger partial charge in [0.1, 0.15) is 28.4 Å². The standard InChI is InChI=1S/C22H23N3O6/c26-18-10-21(28)9-16-20(27)24(11-14-3-1-5-30-14)12-17-13(7-15(18)23-29)8-22(21,25(16)17)19-4-2-6-31-19/h2,4,6-8,10,14,16-17,26,28H,1,3,5,9,11-12H2/t14?,16-,17-,21?,22?/m0/s1. The van der Waals surface area contributed by atoms with Crippen LogP contribution in [0.15, 0.2) is 63.2 Å². The fraction of sp³-hybridized carbons (Fsp3) is 0.500. The molecule has 2 bridgehead atoms. The van der Waals surface area contributed by atoms with E-state index in [0.717, 1.165) is 18.4 Å². The highest BCUT2D eigenvalue weighted by atomic mass is 16.5. The van der Waals surface area contributed by atoms with Crippen LogP contribution in [0.3, 0.4) is 0 Å². The van der Waals surface area contributed by atoms with Crippen molar-refractivity contribution in [2.24, 2.45) is 5.18 Å². The van der Waals surface area contributed by atoms with E-state index in [2.05, 4.69) is 5.18 Å². The van der Waals surface area contributed by atoms with E-state index in [9.17, 15) is 19.9 Å². The molecule has 9 heteroatoms. The fourth-order valence-corrected chi connectivity index (χ4v) is 6.11. The van der Waals surface area contributed by atoms with E-state index in [0.29, 0.717) is 25.5 Å². The maximum Gasteiger partial charge on any atom is 0.240 e. The Morgan fingerprint density at radius 3 is 2.87 bits per heavy atom. The molecule has 1 aliphatic carbocycles. The lowest BCUT2D eigenvalue weighted by molar-refractivity contribution is -0.146. The molecular formula is C22H23N3O6. The average Bonchev–Trinajstić information content (AvgIpc) is 3.51. The van der Waals surface area contributed by atoms with Crippen molar-refractivity contribution >= 4 is 5.91 Å². The van der Waals surface area contributed by atoms with E-state index in [1.54, 1.807) is 18.2 Å². The van der Waals surface area contributed by atoms with Crippen LogP contribution in [0.4, 0.5) is 0 Å². The van der Waals surface area contributed by atoms with Crippen LogP contribution in [0.1, 0.15) is 25.0 Å².